The van der Waals surface area contributed by atoms with Gasteiger partial charge in [0.1, 0.15) is 5.82 Å². The van der Waals surface area contributed by atoms with Crippen LogP contribution in [0.1, 0.15) is 32.3 Å². The van der Waals surface area contributed by atoms with Gasteiger partial charge in [0, 0.05) is 19.5 Å². The van der Waals surface area contributed by atoms with Gasteiger partial charge in [-0.15, -0.1) is 0 Å². The third kappa shape index (κ3) is 5.38. The fraction of sp³-hybridized carbons (Fsp3) is 0.467. The third-order valence-corrected chi connectivity index (χ3v) is 2.85. The number of carbonyl (C=O) groups excluding carboxylic acids is 2. The minimum Gasteiger partial charge on any atom is -0.466 e. The average molecular weight is 281 g/mol. The average Bonchev–Trinajstić information content (AvgIpc) is 2.42. The molecule has 0 saturated heterocycles. The Morgan fingerprint density at radius 1 is 1.25 bits per heavy atom. The molecule has 1 aromatic carbocycles. The van der Waals surface area contributed by atoms with Crippen LogP contribution in [0.5, 0.6) is 0 Å². The van der Waals surface area contributed by atoms with E-state index >= 15 is 0 Å². The largest absolute Gasteiger partial charge is 0.466 e. The predicted octanol–water partition coefficient (Wildman–Crippen LogP) is 2.52. The molecule has 0 aromatic heterocycles. The Morgan fingerprint density at radius 2 is 2.00 bits per heavy atom. The monoisotopic (exact) mass is 281 g/mol. The molecule has 1 amide bonds. The summed E-state index contributed by atoms with van der Waals surface area (Å²) in [5.74, 6) is -0.829. The molecule has 0 aliphatic heterocycles. The standard InChI is InChI=1S/C15H20FNO3/c1-3-17(11-12-6-5-7-13(16)10-12)14(18)8-9-15(19)20-4-2/h5-7,10H,3-4,8-9,11H2,1-2H3. The van der Waals surface area contributed by atoms with Crippen LogP contribution in [0, 0.1) is 5.82 Å². The number of amides is 1. The summed E-state index contributed by atoms with van der Waals surface area (Å²) in [5.41, 5.74) is 0.733. The second kappa shape index (κ2) is 8.30. The highest BCUT2D eigenvalue weighted by molar-refractivity contribution is 5.81. The van der Waals surface area contributed by atoms with Crippen LogP contribution in [0.2, 0.25) is 0 Å². The van der Waals surface area contributed by atoms with Crippen molar-refractivity contribution < 1.29 is 18.7 Å². The highest BCUT2D eigenvalue weighted by Crippen LogP contribution is 2.09. The van der Waals surface area contributed by atoms with Gasteiger partial charge in [0.05, 0.1) is 13.0 Å². The molecule has 110 valence electrons. The number of esters is 1. The van der Waals surface area contributed by atoms with Crippen LogP contribution >= 0.6 is 0 Å². The number of rotatable bonds is 7. The van der Waals surface area contributed by atoms with E-state index in [1.807, 2.05) is 6.92 Å². The Kier molecular flexibility index (Phi) is 6.70. The first-order chi connectivity index (χ1) is 9.56. The lowest BCUT2D eigenvalue weighted by Crippen LogP contribution is -2.30. The normalized spacial score (nSPS) is 10.2. The highest BCUT2D eigenvalue weighted by atomic mass is 19.1. The van der Waals surface area contributed by atoms with E-state index in [2.05, 4.69) is 0 Å². The molecule has 4 nitrogen and oxygen atoms in total. The van der Waals surface area contributed by atoms with Crippen LogP contribution in [-0.4, -0.2) is 29.9 Å². The topological polar surface area (TPSA) is 46.6 Å². The number of hydrogen-bond donors (Lipinski definition) is 0. The van der Waals surface area contributed by atoms with E-state index in [-0.39, 0.29) is 30.5 Å². The number of hydrogen-bond acceptors (Lipinski definition) is 3. The quantitative estimate of drug-likeness (QED) is 0.721. The molecule has 0 aliphatic rings. The van der Waals surface area contributed by atoms with Crippen LogP contribution < -0.4 is 0 Å². The molecule has 0 radical (unpaired) electrons. The maximum absolute atomic E-state index is 13.1. The van der Waals surface area contributed by atoms with Crippen molar-refractivity contribution in [1.82, 2.24) is 4.90 Å². The number of carbonyl (C=O) groups is 2. The minimum absolute atomic E-state index is 0.0757. The summed E-state index contributed by atoms with van der Waals surface area (Å²) in [7, 11) is 0. The summed E-state index contributed by atoms with van der Waals surface area (Å²) in [6.07, 6.45) is 0.189. The summed E-state index contributed by atoms with van der Waals surface area (Å²) in [4.78, 5) is 24.8. The van der Waals surface area contributed by atoms with E-state index in [0.717, 1.165) is 5.56 Å². The number of ether oxygens (including phenoxy) is 1. The van der Waals surface area contributed by atoms with Crippen molar-refractivity contribution in [3.8, 4) is 0 Å². The molecule has 0 aliphatic carbocycles. The molecule has 0 unspecified atom stereocenters. The lowest BCUT2D eigenvalue weighted by Gasteiger charge is -2.21. The van der Waals surface area contributed by atoms with Gasteiger partial charge in [-0.05, 0) is 31.5 Å². The summed E-state index contributed by atoms with van der Waals surface area (Å²) < 4.78 is 17.9. The molecular weight excluding hydrogens is 261 g/mol. The Labute approximate surface area is 118 Å². The van der Waals surface area contributed by atoms with Crippen LogP contribution in [0.3, 0.4) is 0 Å². The van der Waals surface area contributed by atoms with Crippen molar-refractivity contribution in [2.45, 2.75) is 33.2 Å². The number of benzene rings is 1. The van der Waals surface area contributed by atoms with Gasteiger partial charge < -0.3 is 9.64 Å². The zero-order chi connectivity index (χ0) is 15.0. The Bertz CT molecular complexity index is 462. The lowest BCUT2D eigenvalue weighted by molar-refractivity contribution is -0.145. The second-order valence-electron chi connectivity index (χ2n) is 4.34. The number of halogens is 1. The van der Waals surface area contributed by atoms with Crippen molar-refractivity contribution in [3.05, 3.63) is 35.6 Å². The second-order valence-corrected chi connectivity index (χ2v) is 4.34. The molecule has 0 heterocycles. The SMILES string of the molecule is CCOC(=O)CCC(=O)N(CC)Cc1cccc(F)c1. The van der Waals surface area contributed by atoms with E-state index in [0.29, 0.717) is 19.7 Å². The van der Waals surface area contributed by atoms with E-state index < -0.39 is 0 Å². The van der Waals surface area contributed by atoms with Gasteiger partial charge in [0.15, 0.2) is 0 Å². The smallest absolute Gasteiger partial charge is 0.306 e. The van der Waals surface area contributed by atoms with Crippen molar-refractivity contribution in [2.75, 3.05) is 13.2 Å². The molecular formula is C15H20FNO3. The third-order valence-electron chi connectivity index (χ3n) is 2.85. The summed E-state index contributed by atoms with van der Waals surface area (Å²) in [5, 5.41) is 0. The maximum atomic E-state index is 13.1. The van der Waals surface area contributed by atoms with Crippen LogP contribution in [0.4, 0.5) is 4.39 Å². The zero-order valence-corrected chi connectivity index (χ0v) is 11.9. The van der Waals surface area contributed by atoms with Gasteiger partial charge in [-0.2, -0.15) is 0 Å². The zero-order valence-electron chi connectivity index (χ0n) is 11.9. The molecule has 0 saturated carbocycles. The fourth-order valence-electron chi connectivity index (χ4n) is 1.83. The van der Waals surface area contributed by atoms with Gasteiger partial charge in [0.25, 0.3) is 0 Å². The summed E-state index contributed by atoms with van der Waals surface area (Å²) >= 11 is 0. The highest BCUT2D eigenvalue weighted by Gasteiger charge is 2.14. The van der Waals surface area contributed by atoms with Gasteiger partial charge in [-0.3, -0.25) is 9.59 Å². The van der Waals surface area contributed by atoms with Crippen molar-refractivity contribution in [2.24, 2.45) is 0 Å². The molecule has 0 atom stereocenters. The Hall–Kier alpha value is -1.91. The first kappa shape index (κ1) is 16.1. The van der Waals surface area contributed by atoms with Gasteiger partial charge in [-0.25, -0.2) is 4.39 Å². The molecule has 0 spiro atoms. The van der Waals surface area contributed by atoms with Crippen molar-refractivity contribution in [3.63, 3.8) is 0 Å². The Balaban J connectivity index is 2.53. The molecule has 0 fully saturated rings. The van der Waals surface area contributed by atoms with Crippen LogP contribution in [0.15, 0.2) is 24.3 Å². The molecule has 0 bridgehead atoms. The molecule has 20 heavy (non-hydrogen) atoms. The van der Waals surface area contributed by atoms with E-state index in [9.17, 15) is 14.0 Å². The van der Waals surface area contributed by atoms with E-state index in [1.54, 1.807) is 24.0 Å². The van der Waals surface area contributed by atoms with E-state index in [1.165, 1.54) is 12.1 Å². The summed E-state index contributed by atoms with van der Waals surface area (Å²) in [6, 6.07) is 6.15. The first-order valence-corrected chi connectivity index (χ1v) is 6.74. The molecule has 1 aromatic rings. The molecule has 1 rings (SSSR count). The Morgan fingerprint density at radius 3 is 2.60 bits per heavy atom. The van der Waals surface area contributed by atoms with Crippen LogP contribution in [0.25, 0.3) is 0 Å². The van der Waals surface area contributed by atoms with Gasteiger partial charge >= 0.3 is 5.97 Å². The molecule has 0 N–H and O–H groups in total. The first-order valence-electron chi connectivity index (χ1n) is 6.74. The van der Waals surface area contributed by atoms with Crippen LogP contribution in [-0.2, 0) is 20.9 Å². The maximum Gasteiger partial charge on any atom is 0.306 e. The van der Waals surface area contributed by atoms with Crippen molar-refractivity contribution in [1.29, 1.82) is 0 Å². The van der Waals surface area contributed by atoms with E-state index in [4.69, 9.17) is 4.74 Å². The van der Waals surface area contributed by atoms with Gasteiger partial charge in [0.2, 0.25) is 5.91 Å². The van der Waals surface area contributed by atoms with Crippen molar-refractivity contribution >= 4 is 11.9 Å². The fourth-order valence-corrected chi connectivity index (χ4v) is 1.83. The van der Waals surface area contributed by atoms with Gasteiger partial charge in [-0.1, -0.05) is 12.1 Å². The lowest BCUT2D eigenvalue weighted by atomic mass is 10.2. The number of nitrogens with zero attached hydrogens (tertiary/aromatic N) is 1. The minimum atomic E-state index is -0.373. The summed E-state index contributed by atoms with van der Waals surface area (Å²) in [6.45, 7) is 4.74. The predicted molar refractivity (Wildman–Crippen MR) is 73.4 cm³/mol. The molecule has 5 heteroatoms.